The van der Waals surface area contributed by atoms with Crippen LogP contribution in [0.1, 0.15) is 18.4 Å². The topological polar surface area (TPSA) is 61.4 Å². The van der Waals surface area contributed by atoms with Gasteiger partial charge < -0.3 is 10.2 Å². The first-order valence-corrected chi connectivity index (χ1v) is 8.45. The van der Waals surface area contributed by atoms with E-state index in [1.54, 1.807) is 19.2 Å². The van der Waals surface area contributed by atoms with Gasteiger partial charge in [0, 0.05) is 25.7 Å². The number of sulfonamides is 1. The zero-order valence-corrected chi connectivity index (χ0v) is 12.9. The molecule has 0 heterocycles. The molecule has 1 saturated carbocycles. The Hall–Kier alpha value is -0.950. The van der Waals surface area contributed by atoms with Gasteiger partial charge in [0.15, 0.2) is 0 Å². The third-order valence-electron chi connectivity index (χ3n) is 3.56. The van der Waals surface area contributed by atoms with Crippen molar-refractivity contribution < 1.29 is 8.42 Å². The molecule has 2 rings (SSSR count). The summed E-state index contributed by atoms with van der Waals surface area (Å²) >= 11 is 0. The van der Waals surface area contributed by atoms with E-state index in [4.69, 9.17) is 0 Å². The average Bonchev–Trinajstić information content (AvgIpc) is 3.23. The van der Waals surface area contributed by atoms with Crippen LogP contribution in [0.2, 0.25) is 0 Å². The van der Waals surface area contributed by atoms with Crippen LogP contribution < -0.4 is 10.0 Å². The third-order valence-corrected chi connectivity index (χ3v) is 5.12. The molecule has 20 heavy (non-hydrogen) atoms. The van der Waals surface area contributed by atoms with Crippen LogP contribution in [0.5, 0.6) is 0 Å². The highest BCUT2D eigenvalue weighted by Crippen LogP contribution is 2.24. The molecular weight excluding hydrogens is 274 g/mol. The van der Waals surface area contributed by atoms with Crippen LogP contribution in [-0.4, -0.2) is 46.5 Å². The minimum Gasteiger partial charge on any atom is -0.316 e. The lowest BCUT2D eigenvalue weighted by Crippen LogP contribution is -2.34. The average molecular weight is 297 g/mol. The SMILES string of the molecule is CNCc1ccccc1S(=O)(=O)NCCN(C)C1CC1. The van der Waals surface area contributed by atoms with E-state index in [1.165, 1.54) is 12.8 Å². The highest BCUT2D eigenvalue weighted by atomic mass is 32.2. The highest BCUT2D eigenvalue weighted by molar-refractivity contribution is 7.89. The molecule has 0 saturated heterocycles. The van der Waals surface area contributed by atoms with E-state index in [9.17, 15) is 8.42 Å². The fourth-order valence-corrected chi connectivity index (χ4v) is 3.49. The molecule has 6 heteroatoms. The minimum atomic E-state index is -3.43. The zero-order valence-electron chi connectivity index (χ0n) is 12.1. The van der Waals surface area contributed by atoms with Crippen molar-refractivity contribution in [3.63, 3.8) is 0 Å². The van der Waals surface area contributed by atoms with Crippen LogP contribution in [0, 0.1) is 0 Å². The van der Waals surface area contributed by atoms with Gasteiger partial charge in [0.1, 0.15) is 0 Å². The summed E-state index contributed by atoms with van der Waals surface area (Å²) in [4.78, 5) is 2.57. The fourth-order valence-electron chi connectivity index (χ4n) is 2.23. The third kappa shape index (κ3) is 4.02. The maximum atomic E-state index is 12.3. The molecule has 5 nitrogen and oxygen atoms in total. The number of hydrogen-bond acceptors (Lipinski definition) is 4. The van der Waals surface area contributed by atoms with Crippen LogP contribution in [0.3, 0.4) is 0 Å². The van der Waals surface area contributed by atoms with E-state index in [2.05, 4.69) is 14.9 Å². The molecule has 0 spiro atoms. The summed E-state index contributed by atoms with van der Waals surface area (Å²) in [6, 6.07) is 7.74. The minimum absolute atomic E-state index is 0.364. The number of nitrogens with one attached hydrogen (secondary N) is 2. The van der Waals surface area contributed by atoms with Crippen LogP contribution in [-0.2, 0) is 16.6 Å². The van der Waals surface area contributed by atoms with Crippen LogP contribution in [0.25, 0.3) is 0 Å². The van der Waals surface area contributed by atoms with Gasteiger partial charge in [0.25, 0.3) is 0 Å². The van der Waals surface area contributed by atoms with Crippen LogP contribution >= 0.6 is 0 Å². The van der Waals surface area contributed by atoms with Crippen molar-refractivity contribution in [1.82, 2.24) is 14.9 Å². The second-order valence-corrected chi connectivity index (χ2v) is 6.98. The number of benzene rings is 1. The second-order valence-electron chi connectivity index (χ2n) is 5.25. The number of likely N-dealkylation sites (N-methyl/N-ethyl adjacent to an activating group) is 1. The molecule has 0 aromatic heterocycles. The standard InChI is InChI=1S/C14H23N3O2S/c1-15-11-12-5-3-4-6-14(12)20(18,19)16-9-10-17(2)13-7-8-13/h3-6,13,15-16H,7-11H2,1-2H3. The fraction of sp³-hybridized carbons (Fsp3) is 0.571. The summed E-state index contributed by atoms with van der Waals surface area (Å²) in [5.74, 6) is 0. The Morgan fingerprint density at radius 3 is 2.65 bits per heavy atom. The van der Waals surface area contributed by atoms with Gasteiger partial charge in [-0.1, -0.05) is 18.2 Å². The first-order chi connectivity index (χ1) is 9.54. The van der Waals surface area contributed by atoms with Crippen molar-refractivity contribution in [3.8, 4) is 0 Å². The van der Waals surface area contributed by atoms with Crippen molar-refractivity contribution in [2.45, 2.75) is 30.3 Å². The van der Waals surface area contributed by atoms with E-state index in [0.29, 0.717) is 24.0 Å². The number of nitrogens with zero attached hydrogens (tertiary/aromatic N) is 1. The summed E-state index contributed by atoms with van der Waals surface area (Å²) < 4.78 is 27.4. The summed E-state index contributed by atoms with van der Waals surface area (Å²) in [6.07, 6.45) is 2.46. The van der Waals surface area contributed by atoms with E-state index < -0.39 is 10.0 Å². The van der Waals surface area contributed by atoms with Gasteiger partial charge in [-0.25, -0.2) is 13.1 Å². The van der Waals surface area contributed by atoms with Crippen molar-refractivity contribution in [1.29, 1.82) is 0 Å². The van der Waals surface area contributed by atoms with E-state index >= 15 is 0 Å². The Kier molecular flexibility index (Phi) is 5.15. The molecular formula is C14H23N3O2S. The van der Waals surface area contributed by atoms with Gasteiger partial charge in [-0.3, -0.25) is 0 Å². The largest absolute Gasteiger partial charge is 0.316 e. The summed E-state index contributed by atoms with van der Waals surface area (Å²) in [6.45, 7) is 1.74. The molecule has 1 aliphatic rings. The molecule has 1 aliphatic carbocycles. The Balaban J connectivity index is 1.98. The molecule has 0 atom stereocenters. The normalized spacial score (nSPS) is 15.8. The molecule has 1 aromatic rings. The van der Waals surface area contributed by atoms with E-state index in [-0.39, 0.29) is 0 Å². The number of rotatable bonds is 8. The summed E-state index contributed by atoms with van der Waals surface area (Å²) in [7, 11) is 0.419. The molecule has 0 amide bonds. The quantitative estimate of drug-likeness (QED) is 0.744. The summed E-state index contributed by atoms with van der Waals surface area (Å²) in [5.41, 5.74) is 0.790. The molecule has 112 valence electrons. The molecule has 1 aromatic carbocycles. The molecule has 2 N–H and O–H groups in total. The lowest BCUT2D eigenvalue weighted by Gasteiger charge is -2.16. The first-order valence-electron chi connectivity index (χ1n) is 6.97. The molecule has 0 unspecified atom stereocenters. The van der Waals surface area contributed by atoms with E-state index in [0.717, 1.165) is 12.1 Å². The van der Waals surface area contributed by atoms with E-state index in [1.807, 2.05) is 19.2 Å². The van der Waals surface area contributed by atoms with Gasteiger partial charge in [-0.15, -0.1) is 0 Å². The zero-order chi connectivity index (χ0) is 14.6. The molecule has 0 radical (unpaired) electrons. The maximum Gasteiger partial charge on any atom is 0.240 e. The smallest absolute Gasteiger partial charge is 0.240 e. The van der Waals surface area contributed by atoms with Crippen molar-refractivity contribution in [3.05, 3.63) is 29.8 Å². The Bertz CT molecular complexity index is 541. The van der Waals surface area contributed by atoms with Crippen LogP contribution in [0.4, 0.5) is 0 Å². The van der Waals surface area contributed by atoms with Crippen molar-refractivity contribution in [2.75, 3.05) is 27.2 Å². The molecule has 1 fully saturated rings. The Morgan fingerprint density at radius 2 is 2.00 bits per heavy atom. The maximum absolute atomic E-state index is 12.3. The molecule has 0 aliphatic heterocycles. The van der Waals surface area contributed by atoms with Gasteiger partial charge in [-0.2, -0.15) is 0 Å². The van der Waals surface area contributed by atoms with Crippen molar-refractivity contribution >= 4 is 10.0 Å². The van der Waals surface area contributed by atoms with Crippen LogP contribution in [0.15, 0.2) is 29.2 Å². The lowest BCUT2D eigenvalue weighted by atomic mass is 10.2. The lowest BCUT2D eigenvalue weighted by molar-refractivity contribution is 0.329. The second kappa shape index (κ2) is 6.67. The predicted molar refractivity (Wildman–Crippen MR) is 80.0 cm³/mol. The molecule has 0 bridgehead atoms. The summed E-state index contributed by atoms with van der Waals surface area (Å²) in [5, 5.41) is 2.99. The number of hydrogen-bond donors (Lipinski definition) is 2. The Morgan fingerprint density at radius 1 is 1.30 bits per heavy atom. The predicted octanol–water partition coefficient (Wildman–Crippen LogP) is 0.779. The van der Waals surface area contributed by atoms with Crippen molar-refractivity contribution in [2.24, 2.45) is 0 Å². The highest BCUT2D eigenvalue weighted by Gasteiger charge is 2.26. The Labute approximate surface area is 121 Å². The van der Waals surface area contributed by atoms with Gasteiger partial charge >= 0.3 is 0 Å². The first kappa shape index (κ1) is 15.4. The monoisotopic (exact) mass is 297 g/mol. The van der Waals surface area contributed by atoms with Gasteiger partial charge in [-0.05, 0) is 38.6 Å². The van der Waals surface area contributed by atoms with Gasteiger partial charge in [0.2, 0.25) is 10.0 Å². The van der Waals surface area contributed by atoms with Gasteiger partial charge in [0.05, 0.1) is 4.90 Å².